The molecule has 0 aromatic heterocycles. The lowest BCUT2D eigenvalue weighted by molar-refractivity contribution is 0.0999. The van der Waals surface area contributed by atoms with Gasteiger partial charge in [0.15, 0.2) is 0 Å². The zero-order valence-corrected chi connectivity index (χ0v) is 14.0. The quantitative estimate of drug-likeness (QED) is 0.834. The Kier molecular flexibility index (Phi) is 4.89. The van der Waals surface area contributed by atoms with E-state index in [1.54, 1.807) is 13.0 Å². The number of hydrogen-bond acceptors (Lipinski definition) is 4. The summed E-state index contributed by atoms with van der Waals surface area (Å²) in [5.41, 5.74) is 6.19. The zero-order valence-electron chi connectivity index (χ0n) is 13.2. The molecule has 2 rings (SSSR count). The highest BCUT2D eigenvalue weighted by Crippen LogP contribution is 2.20. The van der Waals surface area contributed by atoms with Gasteiger partial charge >= 0.3 is 0 Å². The third kappa shape index (κ3) is 3.48. The van der Waals surface area contributed by atoms with E-state index < -0.39 is 15.9 Å². The summed E-state index contributed by atoms with van der Waals surface area (Å²) < 4.78 is 27.8. The minimum absolute atomic E-state index is 0.0778. The third-order valence-corrected chi connectivity index (χ3v) is 5.71. The number of sulfonamides is 1. The van der Waals surface area contributed by atoms with Crippen LogP contribution in [0.15, 0.2) is 23.1 Å². The van der Waals surface area contributed by atoms with Crippen molar-refractivity contribution in [2.75, 3.05) is 19.6 Å². The van der Waals surface area contributed by atoms with Crippen molar-refractivity contribution < 1.29 is 13.2 Å². The van der Waals surface area contributed by atoms with Crippen LogP contribution in [0.5, 0.6) is 0 Å². The van der Waals surface area contributed by atoms with Crippen LogP contribution in [0, 0.1) is 12.8 Å². The van der Waals surface area contributed by atoms with Crippen molar-refractivity contribution in [1.82, 2.24) is 9.62 Å². The number of nitrogens with two attached hydrogens (primary N) is 1. The predicted molar refractivity (Wildman–Crippen MR) is 85.1 cm³/mol. The van der Waals surface area contributed by atoms with Gasteiger partial charge in [0.05, 0.1) is 4.90 Å². The Morgan fingerprint density at radius 3 is 2.64 bits per heavy atom. The number of aryl methyl sites for hydroxylation is 1. The van der Waals surface area contributed by atoms with E-state index in [0.717, 1.165) is 13.1 Å². The summed E-state index contributed by atoms with van der Waals surface area (Å²) in [5, 5.41) is 0. The summed E-state index contributed by atoms with van der Waals surface area (Å²) in [6.45, 7) is 8.30. The van der Waals surface area contributed by atoms with Gasteiger partial charge in [-0.3, -0.25) is 4.79 Å². The maximum Gasteiger partial charge on any atom is 0.249 e. The Balaban J connectivity index is 2.24. The molecule has 1 fully saturated rings. The Morgan fingerprint density at radius 2 is 2.09 bits per heavy atom. The van der Waals surface area contributed by atoms with Crippen LogP contribution >= 0.6 is 0 Å². The topological polar surface area (TPSA) is 92.5 Å². The number of primary amides is 1. The van der Waals surface area contributed by atoms with Gasteiger partial charge in [0.1, 0.15) is 0 Å². The number of rotatable bonds is 5. The van der Waals surface area contributed by atoms with Gasteiger partial charge in [-0.1, -0.05) is 19.9 Å². The van der Waals surface area contributed by atoms with Crippen molar-refractivity contribution in [3.8, 4) is 0 Å². The van der Waals surface area contributed by atoms with E-state index in [-0.39, 0.29) is 22.4 Å². The van der Waals surface area contributed by atoms with Gasteiger partial charge in [0, 0.05) is 24.7 Å². The lowest BCUT2D eigenvalue weighted by Crippen LogP contribution is -2.39. The van der Waals surface area contributed by atoms with E-state index in [1.807, 2.05) is 6.92 Å². The van der Waals surface area contributed by atoms with Crippen molar-refractivity contribution in [2.45, 2.75) is 31.7 Å². The lowest BCUT2D eigenvalue weighted by Gasteiger charge is -2.17. The molecule has 1 amide bonds. The first kappa shape index (κ1) is 16.9. The maximum atomic E-state index is 12.5. The molecule has 1 aliphatic heterocycles. The molecular formula is C15H23N3O3S. The average molecular weight is 325 g/mol. The first-order valence-corrected chi connectivity index (χ1v) is 8.88. The van der Waals surface area contributed by atoms with Crippen LogP contribution in [-0.2, 0) is 10.0 Å². The first-order valence-electron chi connectivity index (χ1n) is 7.39. The molecule has 1 heterocycles. The van der Waals surface area contributed by atoms with Crippen molar-refractivity contribution in [1.29, 1.82) is 0 Å². The molecule has 0 aliphatic carbocycles. The van der Waals surface area contributed by atoms with Crippen LogP contribution in [0.2, 0.25) is 0 Å². The predicted octanol–water partition coefficient (Wildman–Crippen LogP) is 0.712. The number of carbonyl (C=O) groups is 1. The summed E-state index contributed by atoms with van der Waals surface area (Å²) >= 11 is 0. The molecule has 122 valence electrons. The number of nitrogens with one attached hydrogen (secondary N) is 1. The average Bonchev–Trinajstić information content (AvgIpc) is 2.78. The van der Waals surface area contributed by atoms with Gasteiger partial charge in [-0.25, -0.2) is 13.1 Å². The lowest BCUT2D eigenvalue weighted by atomic mass is 10.1. The van der Waals surface area contributed by atoms with E-state index in [0.29, 0.717) is 12.1 Å². The summed E-state index contributed by atoms with van der Waals surface area (Å²) in [6.07, 6.45) is 0. The zero-order chi connectivity index (χ0) is 16.5. The molecule has 1 aromatic rings. The van der Waals surface area contributed by atoms with Crippen molar-refractivity contribution in [3.63, 3.8) is 0 Å². The highest BCUT2D eigenvalue weighted by Gasteiger charge is 2.32. The molecule has 3 N–H and O–H groups in total. The molecular weight excluding hydrogens is 302 g/mol. The van der Waals surface area contributed by atoms with Crippen LogP contribution in [-0.4, -0.2) is 44.9 Å². The Labute approximate surface area is 131 Å². The van der Waals surface area contributed by atoms with Crippen molar-refractivity contribution in [2.24, 2.45) is 11.7 Å². The molecule has 0 spiro atoms. The number of hydrogen-bond donors (Lipinski definition) is 2. The van der Waals surface area contributed by atoms with E-state index in [1.165, 1.54) is 12.1 Å². The second kappa shape index (κ2) is 6.36. The smallest absolute Gasteiger partial charge is 0.249 e. The molecule has 2 atom stereocenters. The number of benzene rings is 1. The second-order valence-electron chi connectivity index (χ2n) is 5.90. The third-order valence-electron chi connectivity index (χ3n) is 4.23. The SMILES string of the molecule is CCN1C[C@@H](C)[C@@H](NS(=O)(=O)c2ccc(C)c(C(N)=O)c2)C1. The molecule has 1 aromatic carbocycles. The van der Waals surface area contributed by atoms with E-state index in [2.05, 4.69) is 16.5 Å². The van der Waals surface area contributed by atoms with Gasteiger partial charge < -0.3 is 10.6 Å². The molecule has 0 unspecified atom stereocenters. The van der Waals surface area contributed by atoms with Crippen molar-refractivity contribution in [3.05, 3.63) is 29.3 Å². The van der Waals surface area contributed by atoms with E-state index >= 15 is 0 Å². The maximum absolute atomic E-state index is 12.5. The number of nitrogens with zero attached hydrogens (tertiary/aromatic N) is 1. The first-order chi connectivity index (χ1) is 10.2. The fourth-order valence-corrected chi connectivity index (χ4v) is 4.14. The molecule has 0 bridgehead atoms. The molecule has 7 heteroatoms. The van der Waals surface area contributed by atoms with Crippen LogP contribution in [0.1, 0.15) is 29.8 Å². The largest absolute Gasteiger partial charge is 0.366 e. The van der Waals surface area contributed by atoms with Crippen LogP contribution in [0.25, 0.3) is 0 Å². The summed E-state index contributed by atoms with van der Waals surface area (Å²) in [5.74, 6) is -0.378. The van der Waals surface area contributed by atoms with E-state index in [4.69, 9.17) is 5.73 Å². The molecule has 0 radical (unpaired) electrons. The fourth-order valence-electron chi connectivity index (χ4n) is 2.78. The second-order valence-corrected chi connectivity index (χ2v) is 7.61. The summed E-state index contributed by atoms with van der Waals surface area (Å²) in [4.78, 5) is 13.7. The Morgan fingerprint density at radius 1 is 1.41 bits per heavy atom. The summed E-state index contributed by atoms with van der Waals surface area (Å²) in [6, 6.07) is 4.33. The number of carbonyl (C=O) groups excluding carboxylic acids is 1. The highest BCUT2D eigenvalue weighted by molar-refractivity contribution is 7.89. The minimum Gasteiger partial charge on any atom is -0.366 e. The normalized spacial score (nSPS) is 22.9. The standard InChI is InChI=1S/C15H23N3O3S/c1-4-18-8-11(3)14(9-18)17-22(20,21)12-6-5-10(2)13(7-12)15(16)19/h5-7,11,14,17H,4,8-9H2,1-3H3,(H2,16,19)/t11-,14+/m1/s1. The number of amides is 1. The van der Waals surface area contributed by atoms with Gasteiger partial charge in [-0.05, 0) is 37.1 Å². The Bertz CT molecular complexity index is 673. The van der Waals surface area contributed by atoms with Gasteiger partial charge in [0.2, 0.25) is 15.9 Å². The Hall–Kier alpha value is -1.44. The molecule has 0 saturated carbocycles. The molecule has 1 aliphatic rings. The van der Waals surface area contributed by atoms with E-state index in [9.17, 15) is 13.2 Å². The molecule has 22 heavy (non-hydrogen) atoms. The monoisotopic (exact) mass is 325 g/mol. The fraction of sp³-hybridized carbons (Fsp3) is 0.533. The highest BCUT2D eigenvalue weighted by atomic mass is 32.2. The summed E-state index contributed by atoms with van der Waals surface area (Å²) in [7, 11) is -3.67. The van der Waals surface area contributed by atoms with Gasteiger partial charge in [0.25, 0.3) is 0 Å². The minimum atomic E-state index is -3.67. The number of likely N-dealkylation sites (tertiary alicyclic amines) is 1. The van der Waals surface area contributed by atoms with Crippen LogP contribution in [0.4, 0.5) is 0 Å². The number of likely N-dealkylation sites (N-methyl/N-ethyl adjacent to an activating group) is 1. The van der Waals surface area contributed by atoms with Gasteiger partial charge in [-0.2, -0.15) is 0 Å². The van der Waals surface area contributed by atoms with Crippen molar-refractivity contribution >= 4 is 15.9 Å². The van der Waals surface area contributed by atoms with Crippen LogP contribution < -0.4 is 10.5 Å². The molecule has 1 saturated heterocycles. The van der Waals surface area contributed by atoms with Gasteiger partial charge in [-0.15, -0.1) is 0 Å². The van der Waals surface area contributed by atoms with Crippen LogP contribution in [0.3, 0.4) is 0 Å². The molecule has 6 nitrogen and oxygen atoms in total.